The summed E-state index contributed by atoms with van der Waals surface area (Å²) in [4.78, 5) is 23.2. The van der Waals surface area contributed by atoms with E-state index in [0.717, 1.165) is 0 Å². The average molecular weight is 177 g/mol. The molecule has 0 unspecified atom stereocenters. The Morgan fingerprint density at radius 1 is 1.55 bits per heavy atom. The van der Waals surface area contributed by atoms with Crippen LogP contribution in [0.25, 0.3) is 0 Å². The molecule has 1 heterocycles. The summed E-state index contributed by atoms with van der Waals surface area (Å²) >= 11 is 5.42. The van der Waals surface area contributed by atoms with Crippen molar-refractivity contribution in [2.75, 3.05) is 25.5 Å². The van der Waals surface area contributed by atoms with Crippen LogP contribution in [-0.4, -0.2) is 42.2 Å². The summed E-state index contributed by atoms with van der Waals surface area (Å²) in [5.41, 5.74) is 0. The Morgan fingerprint density at radius 2 is 2.27 bits per heavy atom. The van der Waals surface area contributed by atoms with E-state index in [1.165, 1.54) is 4.90 Å². The minimum Gasteiger partial charge on any atom is -0.346 e. The van der Waals surface area contributed by atoms with Gasteiger partial charge in [0.15, 0.2) is 0 Å². The third kappa shape index (κ3) is 1.83. The smallest absolute Gasteiger partial charge is 0.311 e. The maximum atomic E-state index is 11.0. The Bertz CT molecular complexity index is 181. The highest BCUT2D eigenvalue weighted by Gasteiger charge is 2.24. The van der Waals surface area contributed by atoms with Crippen molar-refractivity contribution < 1.29 is 9.59 Å². The molecule has 0 aliphatic carbocycles. The fourth-order valence-electron chi connectivity index (χ4n) is 0.941. The maximum Gasteiger partial charge on any atom is 0.311 e. The maximum absolute atomic E-state index is 11.0. The van der Waals surface area contributed by atoms with E-state index in [-0.39, 0.29) is 0 Å². The van der Waals surface area contributed by atoms with Gasteiger partial charge in [-0.3, -0.25) is 9.59 Å². The molecule has 11 heavy (non-hydrogen) atoms. The van der Waals surface area contributed by atoms with Gasteiger partial charge in [0.05, 0.1) is 0 Å². The average Bonchev–Trinajstić information content (AvgIpc) is 1.99. The van der Waals surface area contributed by atoms with Crippen LogP contribution in [0.4, 0.5) is 0 Å². The van der Waals surface area contributed by atoms with Gasteiger partial charge in [-0.25, -0.2) is 0 Å². The van der Waals surface area contributed by atoms with Gasteiger partial charge in [0, 0.05) is 25.5 Å². The number of carbonyl (C=O) groups excluding carboxylic acids is 2. The van der Waals surface area contributed by atoms with Gasteiger partial charge >= 0.3 is 11.8 Å². The lowest BCUT2D eigenvalue weighted by Crippen LogP contribution is -2.52. The Kier molecular flexibility index (Phi) is 2.70. The van der Waals surface area contributed by atoms with Crippen molar-refractivity contribution in [2.24, 2.45) is 0 Å². The van der Waals surface area contributed by atoms with E-state index < -0.39 is 11.8 Å². The Balaban J connectivity index is 2.51. The van der Waals surface area contributed by atoms with Gasteiger partial charge in [0.1, 0.15) is 0 Å². The molecule has 1 fully saturated rings. The molecule has 0 atom stereocenters. The zero-order chi connectivity index (χ0) is 8.27. The summed E-state index contributed by atoms with van der Waals surface area (Å²) in [6, 6.07) is 0. The topological polar surface area (TPSA) is 49.4 Å². The first kappa shape index (κ1) is 8.33. The Labute approximate surface area is 69.5 Å². The van der Waals surface area contributed by atoms with E-state index in [2.05, 4.69) is 5.32 Å². The number of halogens is 1. The molecule has 0 spiro atoms. The summed E-state index contributed by atoms with van der Waals surface area (Å²) in [7, 11) is 0. The van der Waals surface area contributed by atoms with Gasteiger partial charge in [-0.1, -0.05) is 0 Å². The van der Waals surface area contributed by atoms with E-state index in [1.807, 2.05) is 0 Å². The Morgan fingerprint density at radius 3 is 2.91 bits per heavy atom. The van der Waals surface area contributed by atoms with Crippen molar-refractivity contribution in [2.45, 2.75) is 0 Å². The lowest BCUT2D eigenvalue weighted by Gasteiger charge is -2.25. The number of rotatable bonds is 2. The van der Waals surface area contributed by atoms with Gasteiger partial charge in [0.25, 0.3) is 0 Å². The van der Waals surface area contributed by atoms with Crippen LogP contribution in [0.5, 0.6) is 0 Å². The van der Waals surface area contributed by atoms with Crippen LogP contribution in [0.15, 0.2) is 0 Å². The van der Waals surface area contributed by atoms with E-state index in [1.54, 1.807) is 0 Å². The highest BCUT2D eigenvalue weighted by molar-refractivity contribution is 6.35. The summed E-state index contributed by atoms with van der Waals surface area (Å²) in [5, 5.41) is 2.45. The van der Waals surface area contributed by atoms with Crippen molar-refractivity contribution in [3.8, 4) is 0 Å². The highest BCUT2D eigenvalue weighted by Crippen LogP contribution is 1.95. The summed E-state index contributed by atoms with van der Waals surface area (Å²) < 4.78 is 0. The van der Waals surface area contributed by atoms with Gasteiger partial charge in [-0.15, -0.1) is 11.6 Å². The van der Waals surface area contributed by atoms with Crippen LogP contribution in [0, 0.1) is 0 Å². The van der Waals surface area contributed by atoms with E-state index in [9.17, 15) is 9.59 Å². The molecule has 0 aromatic heterocycles. The van der Waals surface area contributed by atoms with Crippen molar-refractivity contribution in [3.63, 3.8) is 0 Å². The van der Waals surface area contributed by atoms with E-state index >= 15 is 0 Å². The lowest BCUT2D eigenvalue weighted by atomic mass is 10.3. The number of hydrogen-bond acceptors (Lipinski definition) is 2. The molecule has 1 aliphatic heterocycles. The zero-order valence-electron chi connectivity index (χ0n) is 5.97. The van der Waals surface area contributed by atoms with Crippen LogP contribution in [-0.2, 0) is 9.59 Å². The fourth-order valence-corrected chi connectivity index (χ4v) is 1.14. The molecule has 0 aromatic rings. The number of carbonyl (C=O) groups is 2. The lowest BCUT2D eigenvalue weighted by molar-refractivity contribution is -0.147. The molecule has 1 rings (SSSR count). The van der Waals surface area contributed by atoms with Crippen molar-refractivity contribution >= 4 is 23.4 Å². The second-order valence-electron chi connectivity index (χ2n) is 2.24. The highest BCUT2D eigenvalue weighted by atomic mass is 35.5. The van der Waals surface area contributed by atoms with Gasteiger partial charge in [0.2, 0.25) is 0 Å². The van der Waals surface area contributed by atoms with Crippen molar-refractivity contribution in [1.29, 1.82) is 0 Å². The molecule has 1 N–H and O–H groups in total. The number of amides is 2. The SMILES string of the molecule is O=C1NCCN(CCCl)C1=O. The molecule has 2 amide bonds. The van der Waals surface area contributed by atoms with Crippen LogP contribution in [0.1, 0.15) is 0 Å². The zero-order valence-corrected chi connectivity index (χ0v) is 6.73. The van der Waals surface area contributed by atoms with Crippen molar-refractivity contribution in [3.05, 3.63) is 0 Å². The molecule has 0 saturated carbocycles. The largest absolute Gasteiger partial charge is 0.346 e. The first-order valence-corrected chi connectivity index (χ1v) is 3.92. The van der Waals surface area contributed by atoms with Gasteiger partial charge < -0.3 is 10.2 Å². The second kappa shape index (κ2) is 3.57. The minimum atomic E-state index is -0.527. The standard InChI is InChI=1S/C6H9ClN2O2/c7-1-3-9-4-2-8-5(10)6(9)11/h1-4H2,(H,8,10). The molecule has 0 bridgehead atoms. The number of alkyl halides is 1. The van der Waals surface area contributed by atoms with Crippen LogP contribution >= 0.6 is 11.6 Å². The third-order valence-electron chi connectivity index (χ3n) is 1.50. The second-order valence-corrected chi connectivity index (χ2v) is 2.62. The van der Waals surface area contributed by atoms with Crippen LogP contribution < -0.4 is 5.32 Å². The summed E-state index contributed by atoms with van der Waals surface area (Å²) in [6.07, 6.45) is 0. The summed E-state index contributed by atoms with van der Waals surface area (Å²) in [5.74, 6) is -0.628. The predicted molar refractivity (Wildman–Crippen MR) is 40.3 cm³/mol. The predicted octanol–water partition coefficient (Wildman–Crippen LogP) is -0.816. The minimum absolute atomic E-state index is 0.374. The third-order valence-corrected chi connectivity index (χ3v) is 1.67. The number of piperazine rings is 1. The van der Waals surface area contributed by atoms with Gasteiger partial charge in [-0.2, -0.15) is 0 Å². The molecule has 1 aliphatic rings. The van der Waals surface area contributed by atoms with E-state index in [4.69, 9.17) is 11.6 Å². The van der Waals surface area contributed by atoms with Crippen LogP contribution in [0.2, 0.25) is 0 Å². The monoisotopic (exact) mass is 176 g/mol. The summed E-state index contributed by atoms with van der Waals surface area (Å²) in [6.45, 7) is 1.55. The number of nitrogens with one attached hydrogen (secondary N) is 1. The Hall–Kier alpha value is -0.770. The van der Waals surface area contributed by atoms with E-state index in [0.29, 0.717) is 25.5 Å². The fraction of sp³-hybridized carbons (Fsp3) is 0.667. The molecule has 4 nitrogen and oxygen atoms in total. The number of nitrogens with zero attached hydrogens (tertiary/aromatic N) is 1. The van der Waals surface area contributed by atoms with Crippen molar-refractivity contribution in [1.82, 2.24) is 10.2 Å². The quantitative estimate of drug-likeness (QED) is 0.442. The first-order valence-electron chi connectivity index (χ1n) is 3.39. The molecular weight excluding hydrogens is 168 g/mol. The molecule has 1 saturated heterocycles. The normalized spacial score (nSPS) is 18.5. The first-order chi connectivity index (χ1) is 5.25. The molecule has 62 valence electrons. The van der Waals surface area contributed by atoms with Crippen LogP contribution in [0.3, 0.4) is 0 Å². The number of hydrogen-bond donors (Lipinski definition) is 1. The molecular formula is C6H9ClN2O2. The molecule has 0 radical (unpaired) electrons. The molecule has 5 heteroatoms. The van der Waals surface area contributed by atoms with Gasteiger partial charge in [-0.05, 0) is 0 Å². The molecule has 0 aromatic carbocycles.